The molecular weight excluding hydrogens is 1010 g/mol. The van der Waals surface area contributed by atoms with Crippen molar-refractivity contribution in [3.63, 3.8) is 0 Å². The lowest BCUT2D eigenvalue weighted by atomic mass is 10.0. The summed E-state index contributed by atoms with van der Waals surface area (Å²) in [6, 6.07) is 0. The molecule has 0 aromatic rings. The maximum absolute atomic E-state index is 13.0. The van der Waals surface area contributed by atoms with E-state index in [-0.39, 0.29) is 31.1 Å². The van der Waals surface area contributed by atoms with Crippen LogP contribution in [0.4, 0.5) is 0 Å². The number of esters is 3. The van der Waals surface area contributed by atoms with Gasteiger partial charge in [-0.1, -0.05) is 338 Å². The Kier molecular flexibility index (Phi) is 67.6. The number of unbranched alkanes of at least 4 members (excludes halogenated alkanes) is 43. The van der Waals surface area contributed by atoms with Crippen LogP contribution < -0.4 is 0 Å². The highest BCUT2D eigenvalue weighted by atomic mass is 16.6. The molecule has 0 aliphatic rings. The number of rotatable bonds is 66. The van der Waals surface area contributed by atoms with E-state index in [4.69, 9.17) is 14.2 Å². The Balaban J connectivity index is 4.33. The summed E-state index contributed by atoms with van der Waals surface area (Å²) in [5, 5.41) is 0. The Morgan fingerprint density at radius 2 is 0.476 bits per heavy atom. The Morgan fingerprint density at radius 3 is 0.756 bits per heavy atom. The third-order valence-electron chi connectivity index (χ3n) is 15.9. The van der Waals surface area contributed by atoms with Crippen LogP contribution >= 0.6 is 0 Å². The Bertz CT molecular complexity index is 1500. The van der Waals surface area contributed by atoms with Crippen molar-refractivity contribution < 1.29 is 28.6 Å². The largest absolute Gasteiger partial charge is 0.462 e. The van der Waals surface area contributed by atoms with Gasteiger partial charge in [-0.25, -0.2) is 0 Å². The van der Waals surface area contributed by atoms with Crippen LogP contribution in [0.5, 0.6) is 0 Å². The standard InChI is InChI=1S/C76H136O6/c1-4-7-10-13-16-19-22-25-28-31-33-35-36-37-38-39-41-42-45-48-51-54-57-60-63-66-69-75(78)81-72-73(71-80-74(77)68-65-62-59-56-53-50-47-44-30-27-24-21-18-15-12-9-6-3)82-76(79)70-67-64-61-58-55-52-49-46-43-40-34-32-29-26-23-20-17-14-11-8-5-2/h8,11,17,20,26-27,29-30,34,40,46,49,73H,4-7,9-10,12-16,18-19,21-25,28,31-33,35-39,41-45,47-48,50-72H2,1-3H3/b11-8-,20-17-,29-26-,30-27-,40-34-,49-46-. The monoisotopic (exact) mass is 1150 g/mol. The van der Waals surface area contributed by atoms with Crippen LogP contribution in [0.25, 0.3) is 0 Å². The number of ether oxygens (including phenoxy) is 3. The summed E-state index contributed by atoms with van der Waals surface area (Å²) in [6.07, 6.45) is 92.2. The lowest BCUT2D eigenvalue weighted by molar-refractivity contribution is -0.167. The zero-order valence-electron chi connectivity index (χ0n) is 54.8. The molecule has 0 amide bonds. The minimum Gasteiger partial charge on any atom is -0.462 e. The van der Waals surface area contributed by atoms with Crippen molar-refractivity contribution in [3.05, 3.63) is 72.9 Å². The zero-order valence-corrected chi connectivity index (χ0v) is 54.8. The fraction of sp³-hybridized carbons (Fsp3) is 0.803. The zero-order chi connectivity index (χ0) is 59.2. The fourth-order valence-corrected chi connectivity index (χ4v) is 10.6. The van der Waals surface area contributed by atoms with Crippen molar-refractivity contribution >= 4 is 17.9 Å². The molecule has 0 radical (unpaired) electrons. The van der Waals surface area contributed by atoms with E-state index in [1.807, 2.05) is 0 Å². The predicted octanol–water partition coefficient (Wildman–Crippen LogP) is 24.8. The number of carbonyl (C=O) groups excluding carboxylic acids is 3. The maximum atomic E-state index is 13.0. The second-order valence-corrected chi connectivity index (χ2v) is 24.1. The van der Waals surface area contributed by atoms with E-state index in [2.05, 4.69) is 93.7 Å². The van der Waals surface area contributed by atoms with Gasteiger partial charge in [-0.15, -0.1) is 0 Å². The highest BCUT2D eigenvalue weighted by Crippen LogP contribution is 2.18. The van der Waals surface area contributed by atoms with Crippen LogP contribution in [0.2, 0.25) is 0 Å². The molecule has 0 N–H and O–H groups in total. The molecule has 0 aromatic carbocycles. The van der Waals surface area contributed by atoms with Crippen LogP contribution in [0, 0.1) is 0 Å². The van der Waals surface area contributed by atoms with Crippen LogP contribution in [0.1, 0.15) is 374 Å². The van der Waals surface area contributed by atoms with Crippen molar-refractivity contribution in [3.8, 4) is 0 Å². The average molecular weight is 1150 g/mol. The second kappa shape index (κ2) is 70.3. The van der Waals surface area contributed by atoms with E-state index < -0.39 is 6.10 Å². The van der Waals surface area contributed by atoms with Gasteiger partial charge in [0.15, 0.2) is 6.10 Å². The topological polar surface area (TPSA) is 78.9 Å². The third-order valence-corrected chi connectivity index (χ3v) is 15.9. The van der Waals surface area contributed by atoms with Crippen molar-refractivity contribution in [2.45, 2.75) is 380 Å². The molecule has 82 heavy (non-hydrogen) atoms. The molecule has 0 spiro atoms. The lowest BCUT2D eigenvalue weighted by Gasteiger charge is -2.18. The van der Waals surface area contributed by atoms with Gasteiger partial charge >= 0.3 is 17.9 Å². The normalized spacial score (nSPS) is 12.5. The first kappa shape index (κ1) is 78.8. The number of allylic oxidation sites excluding steroid dienone is 12. The smallest absolute Gasteiger partial charge is 0.306 e. The van der Waals surface area contributed by atoms with E-state index in [9.17, 15) is 14.4 Å². The van der Waals surface area contributed by atoms with Gasteiger partial charge in [-0.05, 0) is 89.9 Å². The molecule has 1 atom stereocenters. The summed E-state index contributed by atoms with van der Waals surface area (Å²) in [5.74, 6) is -0.882. The molecule has 0 bridgehead atoms. The van der Waals surface area contributed by atoms with Crippen molar-refractivity contribution in [2.75, 3.05) is 13.2 Å². The summed E-state index contributed by atoms with van der Waals surface area (Å²) in [6.45, 7) is 6.57. The summed E-state index contributed by atoms with van der Waals surface area (Å²) in [7, 11) is 0. The molecule has 1 unspecified atom stereocenters. The third kappa shape index (κ3) is 67.6. The lowest BCUT2D eigenvalue weighted by Crippen LogP contribution is -2.30. The molecule has 0 fully saturated rings. The minimum atomic E-state index is -0.789. The number of hydrogen-bond donors (Lipinski definition) is 0. The van der Waals surface area contributed by atoms with Crippen LogP contribution in [-0.2, 0) is 28.6 Å². The van der Waals surface area contributed by atoms with E-state index in [0.29, 0.717) is 19.3 Å². The first-order valence-electron chi connectivity index (χ1n) is 35.9. The van der Waals surface area contributed by atoms with Crippen LogP contribution in [-0.4, -0.2) is 37.2 Å². The second-order valence-electron chi connectivity index (χ2n) is 24.1. The van der Waals surface area contributed by atoms with Gasteiger partial charge in [0.25, 0.3) is 0 Å². The molecule has 476 valence electrons. The Hall–Kier alpha value is -3.15. The molecule has 0 heterocycles. The SMILES string of the molecule is CC/C=C\C/C=C\C/C=C\C/C=C\C/C=C\CCCCCCCC(=O)OC(COC(=O)CCCCCCCCC/C=C\CCCCCCCC)COC(=O)CCCCCCCCCCCCCCCCCCCCCCCCCCCC. The van der Waals surface area contributed by atoms with Gasteiger partial charge < -0.3 is 14.2 Å². The van der Waals surface area contributed by atoms with Crippen molar-refractivity contribution in [1.29, 1.82) is 0 Å². The highest BCUT2D eigenvalue weighted by Gasteiger charge is 2.19. The fourth-order valence-electron chi connectivity index (χ4n) is 10.6. The summed E-state index contributed by atoms with van der Waals surface area (Å²) < 4.78 is 17.0. The molecular formula is C76H136O6. The van der Waals surface area contributed by atoms with Crippen LogP contribution in [0.3, 0.4) is 0 Å². The first-order valence-corrected chi connectivity index (χ1v) is 35.9. The van der Waals surface area contributed by atoms with Gasteiger partial charge in [0.05, 0.1) is 0 Å². The molecule has 6 nitrogen and oxygen atoms in total. The van der Waals surface area contributed by atoms with Crippen molar-refractivity contribution in [2.24, 2.45) is 0 Å². The van der Waals surface area contributed by atoms with Crippen molar-refractivity contribution in [1.82, 2.24) is 0 Å². The number of hydrogen-bond acceptors (Lipinski definition) is 6. The summed E-state index contributed by atoms with van der Waals surface area (Å²) in [4.78, 5) is 38.5. The molecule has 0 aliphatic carbocycles. The molecule has 0 aliphatic heterocycles. The molecule has 0 rings (SSSR count). The van der Waals surface area contributed by atoms with E-state index in [0.717, 1.165) is 109 Å². The summed E-state index contributed by atoms with van der Waals surface area (Å²) in [5.41, 5.74) is 0. The molecule has 0 saturated heterocycles. The highest BCUT2D eigenvalue weighted by molar-refractivity contribution is 5.71. The number of carbonyl (C=O) groups is 3. The van der Waals surface area contributed by atoms with Gasteiger partial charge in [-0.3, -0.25) is 14.4 Å². The van der Waals surface area contributed by atoms with E-state index in [1.165, 1.54) is 225 Å². The van der Waals surface area contributed by atoms with E-state index in [1.54, 1.807) is 0 Å². The quantitative estimate of drug-likeness (QED) is 0.0261. The van der Waals surface area contributed by atoms with E-state index >= 15 is 0 Å². The minimum absolute atomic E-state index is 0.0813. The Morgan fingerprint density at radius 1 is 0.256 bits per heavy atom. The van der Waals surface area contributed by atoms with Gasteiger partial charge in [0.1, 0.15) is 13.2 Å². The predicted molar refractivity (Wildman–Crippen MR) is 358 cm³/mol. The van der Waals surface area contributed by atoms with Crippen LogP contribution in [0.15, 0.2) is 72.9 Å². The average Bonchev–Trinajstić information content (AvgIpc) is 3.47. The molecule has 6 heteroatoms. The summed E-state index contributed by atoms with van der Waals surface area (Å²) >= 11 is 0. The van der Waals surface area contributed by atoms with Gasteiger partial charge in [0, 0.05) is 19.3 Å². The molecule has 0 saturated carbocycles. The van der Waals surface area contributed by atoms with Gasteiger partial charge in [-0.2, -0.15) is 0 Å². The van der Waals surface area contributed by atoms with Gasteiger partial charge in [0.2, 0.25) is 0 Å². The molecule has 0 aromatic heterocycles. The first-order chi connectivity index (χ1) is 40.5. The maximum Gasteiger partial charge on any atom is 0.306 e. The Labute approximate surface area is 510 Å².